The van der Waals surface area contributed by atoms with Crippen molar-refractivity contribution in [1.29, 1.82) is 0 Å². The van der Waals surface area contributed by atoms with Gasteiger partial charge in [-0.3, -0.25) is 4.90 Å². The standard InChI is InChI=1S/C21H23NO6/c1-4-12-8-18-19(28-11-27-18)9-14(12)16-7-13-5-6-17(25-2)20(26-3)15(13)10-22(16)21(23)24/h5-6,8-9,16H,4,7,10-11H2,1-3H3,(H,23,24). The van der Waals surface area contributed by atoms with Crippen LogP contribution in [0.5, 0.6) is 23.0 Å². The summed E-state index contributed by atoms with van der Waals surface area (Å²) in [5, 5.41) is 9.94. The highest BCUT2D eigenvalue weighted by molar-refractivity contribution is 5.68. The minimum absolute atomic E-state index is 0.190. The topological polar surface area (TPSA) is 77.5 Å². The van der Waals surface area contributed by atoms with Crippen LogP contribution in [-0.4, -0.2) is 37.1 Å². The Hall–Kier alpha value is -3.09. The lowest BCUT2D eigenvalue weighted by Gasteiger charge is -2.37. The number of aryl methyl sites for hydroxylation is 1. The third kappa shape index (κ3) is 2.87. The van der Waals surface area contributed by atoms with Crippen LogP contribution in [0, 0.1) is 0 Å². The molecule has 0 saturated heterocycles. The molecular weight excluding hydrogens is 362 g/mol. The molecule has 2 aliphatic heterocycles. The van der Waals surface area contributed by atoms with Crippen molar-refractivity contribution < 1.29 is 28.8 Å². The van der Waals surface area contributed by atoms with E-state index in [1.54, 1.807) is 14.2 Å². The Morgan fingerprint density at radius 1 is 1.21 bits per heavy atom. The smallest absolute Gasteiger partial charge is 0.408 e. The largest absolute Gasteiger partial charge is 0.493 e. The fourth-order valence-electron chi connectivity index (χ4n) is 4.09. The molecule has 2 aromatic rings. The summed E-state index contributed by atoms with van der Waals surface area (Å²) in [5.74, 6) is 2.56. The second-order valence-corrected chi connectivity index (χ2v) is 6.83. The van der Waals surface area contributed by atoms with Crippen LogP contribution in [0.15, 0.2) is 24.3 Å². The molecular formula is C21H23NO6. The molecule has 1 amide bonds. The molecule has 0 fully saturated rings. The van der Waals surface area contributed by atoms with Gasteiger partial charge < -0.3 is 24.1 Å². The normalized spacial score (nSPS) is 17.2. The van der Waals surface area contributed by atoms with Crippen molar-refractivity contribution in [1.82, 2.24) is 4.90 Å². The monoisotopic (exact) mass is 385 g/mol. The number of nitrogens with zero attached hydrogens (tertiary/aromatic N) is 1. The summed E-state index contributed by atoms with van der Waals surface area (Å²) in [5.41, 5.74) is 3.91. The van der Waals surface area contributed by atoms with E-state index in [1.807, 2.05) is 24.3 Å². The molecule has 2 heterocycles. The lowest BCUT2D eigenvalue weighted by atomic mass is 9.86. The Bertz CT molecular complexity index is 926. The van der Waals surface area contributed by atoms with Gasteiger partial charge in [0.25, 0.3) is 0 Å². The maximum absolute atomic E-state index is 12.1. The Kier molecular flexibility index (Phi) is 4.66. The van der Waals surface area contributed by atoms with E-state index in [2.05, 4.69) is 6.92 Å². The number of methoxy groups -OCH3 is 2. The average molecular weight is 385 g/mol. The zero-order valence-electron chi connectivity index (χ0n) is 16.2. The highest BCUT2D eigenvalue weighted by Gasteiger charge is 2.35. The first kappa shape index (κ1) is 18.3. The second kappa shape index (κ2) is 7.14. The first-order chi connectivity index (χ1) is 13.6. The van der Waals surface area contributed by atoms with Gasteiger partial charge in [0.2, 0.25) is 6.79 Å². The minimum Gasteiger partial charge on any atom is -0.493 e. The van der Waals surface area contributed by atoms with E-state index in [4.69, 9.17) is 18.9 Å². The van der Waals surface area contributed by atoms with Crippen LogP contribution >= 0.6 is 0 Å². The van der Waals surface area contributed by atoms with Crippen molar-refractivity contribution in [3.63, 3.8) is 0 Å². The maximum Gasteiger partial charge on any atom is 0.408 e. The van der Waals surface area contributed by atoms with Crippen molar-refractivity contribution in [2.24, 2.45) is 0 Å². The average Bonchev–Trinajstić information content (AvgIpc) is 3.18. The summed E-state index contributed by atoms with van der Waals surface area (Å²) < 4.78 is 21.9. The van der Waals surface area contributed by atoms with Gasteiger partial charge in [0.1, 0.15) is 0 Å². The van der Waals surface area contributed by atoms with Gasteiger partial charge in [-0.05, 0) is 47.7 Å². The molecule has 0 spiro atoms. The molecule has 4 rings (SSSR count). The fraction of sp³-hybridized carbons (Fsp3) is 0.381. The van der Waals surface area contributed by atoms with Gasteiger partial charge >= 0.3 is 6.09 Å². The fourth-order valence-corrected chi connectivity index (χ4v) is 4.09. The van der Waals surface area contributed by atoms with Gasteiger partial charge in [0.05, 0.1) is 26.8 Å². The van der Waals surface area contributed by atoms with Crippen LogP contribution in [0.2, 0.25) is 0 Å². The molecule has 0 bridgehead atoms. The SMILES string of the molecule is CCc1cc2c(cc1C1Cc3ccc(OC)c(OC)c3CN1C(=O)O)OCO2. The molecule has 7 nitrogen and oxygen atoms in total. The summed E-state index contributed by atoms with van der Waals surface area (Å²) >= 11 is 0. The third-order valence-corrected chi connectivity index (χ3v) is 5.48. The predicted octanol–water partition coefficient (Wildman–Crippen LogP) is 3.77. The number of carbonyl (C=O) groups is 1. The molecule has 1 N–H and O–H groups in total. The van der Waals surface area contributed by atoms with E-state index >= 15 is 0 Å². The van der Waals surface area contributed by atoms with Crippen LogP contribution in [-0.2, 0) is 19.4 Å². The molecule has 7 heteroatoms. The summed E-state index contributed by atoms with van der Waals surface area (Å²) in [6.07, 6.45) is 0.351. The number of rotatable bonds is 4. The van der Waals surface area contributed by atoms with E-state index in [9.17, 15) is 9.90 Å². The lowest BCUT2D eigenvalue weighted by molar-refractivity contribution is 0.113. The van der Waals surface area contributed by atoms with E-state index < -0.39 is 6.09 Å². The van der Waals surface area contributed by atoms with Crippen LogP contribution in [0.4, 0.5) is 4.79 Å². The molecule has 1 unspecified atom stereocenters. The van der Waals surface area contributed by atoms with Crippen LogP contribution in [0.1, 0.15) is 35.2 Å². The minimum atomic E-state index is -0.972. The molecule has 2 aliphatic rings. The summed E-state index contributed by atoms with van der Waals surface area (Å²) in [6.45, 7) is 2.47. The van der Waals surface area contributed by atoms with Gasteiger partial charge in [-0.25, -0.2) is 4.79 Å². The molecule has 0 radical (unpaired) electrons. The van der Waals surface area contributed by atoms with E-state index in [1.165, 1.54) is 4.90 Å². The maximum atomic E-state index is 12.1. The Labute approximate surface area is 163 Å². The summed E-state index contributed by atoms with van der Waals surface area (Å²) in [4.78, 5) is 13.6. The lowest BCUT2D eigenvalue weighted by Crippen LogP contribution is -2.38. The summed E-state index contributed by atoms with van der Waals surface area (Å²) in [7, 11) is 3.15. The van der Waals surface area contributed by atoms with Crippen molar-refractivity contribution >= 4 is 6.09 Å². The van der Waals surface area contributed by atoms with E-state index in [0.717, 1.165) is 28.7 Å². The molecule has 148 valence electrons. The number of hydrogen-bond donors (Lipinski definition) is 1. The molecule has 0 aliphatic carbocycles. The van der Waals surface area contributed by atoms with Crippen LogP contribution in [0.25, 0.3) is 0 Å². The predicted molar refractivity (Wildman–Crippen MR) is 102 cm³/mol. The molecule has 0 aromatic heterocycles. The van der Waals surface area contributed by atoms with Crippen molar-refractivity contribution in [3.8, 4) is 23.0 Å². The number of amides is 1. The Morgan fingerprint density at radius 3 is 2.61 bits per heavy atom. The van der Waals surface area contributed by atoms with E-state index in [-0.39, 0.29) is 19.4 Å². The van der Waals surface area contributed by atoms with Gasteiger partial charge in [0, 0.05) is 5.56 Å². The molecule has 28 heavy (non-hydrogen) atoms. The first-order valence-electron chi connectivity index (χ1n) is 9.22. The molecule has 2 aromatic carbocycles. The molecule has 0 saturated carbocycles. The zero-order chi connectivity index (χ0) is 19.8. The van der Waals surface area contributed by atoms with Crippen molar-refractivity contribution in [3.05, 3.63) is 46.5 Å². The Balaban J connectivity index is 1.82. The van der Waals surface area contributed by atoms with Crippen molar-refractivity contribution in [2.45, 2.75) is 32.4 Å². The number of carboxylic acid groups (broad SMARTS) is 1. The van der Waals surface area contributed by atoms with Crippen molar-refractivity contribution in [2.75, 3.05) is 21.0 Å². The summed E-state index contributed by atoms with van der Waals surface area (Å²) in [6, 6.07) is 7.43. The van der Waals surface area contributed by atoms with Gasteiger partial charge in [-0.15, -0.1) is 0 Å². The highest BCUT2D eigenvalue weighted by Crippen LogP contribution is 2.44. The van der Waals surface area contributed by atoms with Crippen LogP contribution < -0.4 is 18.9 Å². The van der Waals surface area contributed by atoms with Gasteiger partial charge in [0.15, 0.2) is 23.0 Å². The number of ether oxygens (including phenoxy) is 4. The third-order valence-electron chi connectivity index (χ3n) is 5.48. The second-order valence-electron chi connectivity index (χ2n) is 6.83. The van der Waals surface area contributed by atoms with Gasteiger partial charge in [-0.2, -0.15) is 0 Å². The highest BCUT2D eigenvalue weighted by atomic mass is 16.7. The quantitative estimate of drug-likeness (QED) is 0.863. The van der Waals surface area contributed by atoms with Crippen LogP contribution in [0.3, 0.4) is 0 Å². The van der Waals surface area contributed by atoms with E-state index in [0.29, 0.717) is 29.4 Å². The zero-order valence-corrected chi connectivity index (χ0v) is 16.2. The number of fused-ring (bicyclic) bond motifs is 2. The Morgan fingerprint density at radius 2 is 1.96 bits per heavy atom. The number of benzene rings is 2. The molecule has 1 atom stereocenters. The first-order valence-corrected chi connectivity index (χ1v) is 9.22. The van der Waals surface area contributed by atoms with Gasteiger partial charge in [-0.1, -0.05) is 13.0 Å². The number of hydrogen-bond acceptors (Lipinski definition) is 5.